The fourth-order valence-electron chi connectivity index (χ4n) is 0.934. The van der Waals surface area contributed by atoms with E-state index in [2.05, 4.69) is 0 Å². The second kappa shape index (κ2) is 5.29. The quantitative estimate of drug-likeness (QED) is 0.614. The third-order valence-electron chi connectivity index (χ3n) is 1.78. The molecule has 0 unspecified atom stereocenters. The summed E-state index contributed by atoms with van der Waals surface area (Å²) < 4.78 is 23.2. The first kappa shape index (κ1) is 13.0. The molecule has 2 N–H and O–H groups in total. The molecule has 1 rings (SSSR count). The molecule has 0 aromatic heterocycles. The molecule has 1 amide bonds. The standard InChI is InChI=1S/C9H11ClN2O3S/c1-7-2-4-8(5-3-7)16(14,15)12-11-9(13)6-10/h2-5,12H,6H2,1H3,(H,11,13). The van der Waals surface area contributed by atoms with Crippen molar-refractivity contribution in [3.8, 4) is 0 Å². The van der Waals surface area contributed by atoms with Crippen molar-refractivity contribution < 1.29 is 13.2 Å². The minimum atomic E-state index is -3.72. The molecule has 16 heavy (non-hydrogen) atoms. The summed E-state index contributed by atoms with van der Waals surface area (Å²) in [6.45, 7) is 1.85. The van der Waals surface area contributed by atoms with Gasteiger partial charge in [-0.25, -0.2) is 8.42 Å². The van der Waals surface area contributed by atoms with Crippen LogP contribution in [-0.4, -0.2) is 20.2 Å². The number of halogens is 1. The van der Waals surface area contributed by atoms with Crippen molar-refractivity contribution in [2.24, 2.45) is 0 Å². The Kier molecular flexibility index (Phi) is 4.28. The van der Waals surface area contributed by atoms with Crippen molar-refractivity contribution in [1.29, 1.82) is 0 Å². The van der Waals surface area contributed by atoms with Crippen LogP contribution < -0.4 is 10.3 Å². The third-order valence-corrected chi connectivity index (χ3v) is 3.28. The van der Waals surface area contributed by atoms with Crippen molar-refractivity contribution in [2.75, 3.05) is 5.88 Å². The lowest BCUT2D eigenvalue weighted by Crippen LogP contribution is -2.42. The molecule has 0 aliphatic rings. The van der Waals surface area contributed by atoms with Crippen LogP contribution in [0.25, 0.3) is 0 Å². The maximum Gasteiger partial charge on any atom is 0.257 e. The SMILES string of the molecule is Cc1ccc(S(=O)(=O)NNC(=O)CCl)cc1. The molecule has 1 aromatic rings. The predicted molar refractivity (Wildman–Crippen MR) is 60.4 cm³/mol. The number of benzene rings is 1. The summed E-state index contributed by atoms with van der Waals surface area (Å²) in [5.41, 5.74) is 2.92. The Morgan fingerprint density at radius 2 is 1.88 bits per heavy atom. The summed E-state index contributed by atoms with van der Waals surface area (Å²) in [4.78, 5) is 12.8. The van der Waals surface area contributed by atoms with Crippen molar-refractivity contribution >= 4 is 27.5 Å². The van der Waals surface area contributed by atoms with Crippen LogP contribution in [-0.2, 0) is 14.8 Å². The fraction of sp³-hybridized carbons (Fsp3) is 0.222. The summed E-state index contributed by atoms with van der Waals surface area (Å²) in [5, 5.41) is 0. The Balaban J connectivity index is 2.78. The number of hydrogen-bond donors (Lipinski definition) is 2. The monoisotopic (exact) mass is 262 g/mol. The minimum absolute atomic E-state index is 0.0768. The van der Waals surface area contributed by atoms with Crippen molar-refractivity contribution in [2.45, 2.75) is 11.8 Å². The molecule has 0 radical (unpaired) electrons. The van der Waals surface area contributed by atoms with Crippen LogP contribution in [0.15, 0.2) is 29.2 Å². The lowest BCUT2D eigenvalue weighted by molar-refractivity contribution is -0.119. The number of carbonyl (C=O) groups is 1. The van der Waals surface area contributed by atoms with E-state index in [4.69, 9.17) is 11.6 Å². The molecule has 0 saturated carbocycles. The van der Waals surface area contributed by atoms with Gasteiger partial charge in [0.25, 0.3) is 10.0 Å². The van der Waals surface area contributed by atoms with Crippen LogP contribution in [0, 0.1) is 6.92 Å². The Morgan fingerprint density at radius 3 is 2.38 bits per heavy atom. The molecule has 0 spiro atoms. The van der Waals surface area contributed by atoms with Gasteiger partial charge in [0.05, 0.1) is 4.90 Å². The van der Waals surface area contributed by atoms with Crippen LogP contribution in [0.5, 0.6) is 0 Å². The topological polar surface area (TPSA) is 75.3 Å². The van der Waals surface area contributed by atoms with E-state index < -0.39 is 15.9 Å². The molecule has 0 bridgehead atoms. The molecular formula is C9H11ClN2O3S. The Bertz CT molecular complexity index is 470. The van der Waals surface area contributed by atoms with Gasteiger partial charge in [0, 0.05) is 0 Å². The van der Waals surface area contributed by atoms with E-state index in [1.165, 1.54) is 12.1 Å². The first-order valence-corrected chi connectivity index (χ1v) is 6.41. The lowest BCUT2D eigenvalue weighted by Gasteiger charge is -2.07. The average molecular weight is 263 g/mol. The predicted octanol–water partition coefficient (Wildman–Crippen LogP) is 0.543. The van der Waals surface area contributed by atoms with Crippen LogP contribution >= 0.6 is 11.6 Å². The second-order valence-electron chi connectivity index (χ2n) is 3.10. The number of rotatable bonds is 4. The highest BCUT2D eigenvalue weighted by Gasteiger charge is 2.13. The van der Waals surface area contributed by atoms with E-state index in [0.29, 0.717) is 0 Å². The largest absolute Gasteiger partial charge is 0.277 e. The molecule has 5 nitrogen and oxygen atoms in total. The van der Waals surface area contributed by atoms with E-state index in [9.17, 15) is 13.2 Å². The normalized spacial score (nSPS) is 11.1. The minimum Gasteiger partial charge on any atom is -0.277 e. The van der Waals surface area contributed by atoms with Gasteiger partial charge in [-0.2, -0.15) is 0 Å². The Hall–Kier alpha value is -1.11. The van der Waals surface area contributed by atoms with E-state index in [1.54, 1.807) is 12.1 Å². The smallest absolute Gasteiger partial charge is 0.257 e. The van der Waals surface area contributed by atoms with E-state index in [0.717, 1.165) is 5.56 Å². The summed E-state index contributed by atoms with van der Waals surface area (Å²) >= 11 is 5.20. The van der Waals surface area contributed by atoms with Crippen molar-refractivity contribution in [3.63, 3.8) is 0 Å². The zero-order chi connectivity index (χ0) is 12.2. The Morgan fingerprint density at radius 1 is 1.31 bits per heavy atom. The van der Waals surface area contributed by atoms with Crippen LogP contribution in [0.1, 0.15) is 5.56 Å². The molecule has 0 saturated heterocycles. The summed E-state index contributed by atoms with van der Waals surface area (Å²) in [7, 11) is -3.72. The van der Waals surface area contributed by atoms with Gasteiger partial charge in [0.2, 0.25) is 5.91 Å². The van der Waals surface area contributed by atoms with Gasteiger partial charge >= 0.3 is 0 Å². The highest BCUT2D eigenvalue weighted by Crippen LogP contribution is 2.08. The van der Waals surface area contributed by atoms with Crippen LogP contribution in [0.2, 0.25) is 0 Å². The van der Waals surface area contributed by atoms with Crippen molar-refractivity contribution in [3.05, 3.63) is 29.8 Å². The molecule has 0 heterocycles. The number of sulfonamides is 1. The number of aryl methyl sites for hydroxylation is 1. The average Bonchev–Trinajstić information content (AvgIpc) is 2.26. The number of alkyl halides is 1. The molecule has 0 aliphatic heterocycles. The zero-order valence-corrected chi connectivity index (χ0v) is 10.1. The van der Waals surface area contributed by atoms with Gasteiger partial charge in [0.1, 0.15) is 5.88 Å². The van der Waals surface area contributed by atoms with Gasteiger partial charge in [0.15, 0.2) is 0 Å². The number of hydrogen-bond acceptors (Lipinski definition) is 3. The third kappa shape index (κ3) is 3.48. The highest BCUT2D eigenvalue weighted by molar-refractivity contribution is 7.89. The number of hydrazine groups is 1. The second-order valence-corrected chi connectivity index (χ2v) is 5.05. The Labute approximate surface area is 98.8 Å². The fourth-order valence-corrected chi connectivity index (χ4v) is 1.86. The first-order chi connectivity index (χ1) is 7.45. The lowest BCUT2D eigenvalue weighted by atomic mass is 10.2. The molecule has 7 heteroatoms. The van der Waals surface area contributed by atoms with E-state index in [-0.39, 0.29) is 10.8 Å². The van der Waals surface area contributed by atoms with Gasteiger partial charge in [-0.05, 0) is 19.1 Å². The highest BCUT2D eigenvalue weighted by atomic mass is 35.5. The van der Waals surface area contributed by atoms with Crippen LogP contribution in [0.3, 0.4) is 0 Å². The van der Waals surface area contributed by atoms with E-state index in [1.807, 2.05) is 17.2 Å². The number of amides is 1. The summed E-state index contributed by atoms with van der Waals surface area (Å²) in [5.74, 6) is -0.923. The summed E-state index contributed by atoms with van der Waals surface area (Å²) in [6.07, 6.45) is 0. The molecular weight excluding hydrogens is 252 g/mol. The van der Waals surface area contributed by atoms with Gasteiger partial charge in [-0.15, -0.1) is 16.4 Å². The molecule has 0 atom stereocenters. The number of nitrogens with one attached hydrogen (secondary N) is 2. The van der Waals surface area contributed by atoms with Gasteiger partial charge in [-0.3, -0.25) is 10.2 Å². The molecule has 88 valence electrons. The van der Waals surface area contributed by atoms with Crippen LogP contribution in [0.4, 0.5) is 0 Å². The maximum atomic E-state index is 11.6. The first-order valence-electron chi connectivity index (χ1n) is 4.39. The van der Waals surface area contributed by atoms with Crippen molar-refractivity contribution in [1.82, 2.24) is 10.3 Å². The molecule has 0 fully saturated rings. The van der Waals surface area contributed by atoms with Gasteiger partial charge < -0.3 is 0 Å². The molecule has 0 aliphatic carbocycles. The van der Waals surface area contributed by atoms with Gasteiger partial charge in [-0.1, -0.05) is 17.7 Å². The maximum absolute atomic E-state index is 11.6. The van der Waals surface area contributed by atoms with E-state index >= 15 is 0 Å². The number of carbonyl (C=O) groups excluding carboxylic acids is 1. The zero-order valence-electron chi connectivity index (χ0n) is 8.53. The summed E-state index contributed by atoms with van der Waals surface area (Å²) in [6, 6.07) is 6.23. The molecule has 1 aromatic carbocycles.